The minimum absolute atomic E-state index is 0.0811. The number of amides is 4. The summed E-state index contributed by atoms with van der Waals surface area (Å²) in [6, 6.07) is -5.79. The topological polar surface area (TPSA) is 251 Å². The van der Waals surface area contributed by atoms with E-state index in [1.165, 1.54) is 0 Å². The van der Waals surface area contributed by atoms with Gasteiger partial charge in [0.25, 0.3) is 0 Å². The Morgan fingerprint density at radius 3 is 1.78 bits per heavy atom. The van der Waals surface area contributed by atoms with E-state index in [-0.39, 0.29) is 18.8 Å². The quantitative estimate of drug-likeness (QED) is 0.120. The van der Waals surface area contributed by atoms with Crippen LogP contribution < -0.4 is 27.4 Å². The van der Waals surface area contributed by atoms with Crippen molar-refractivity contribution in [1.29, 1.82) is 0 Å². The zero-order valence-corrected chi connectivity index (χ0v) is 17.9. The molecule has 0 aliphatic rings. The van der Waals surface area contributed by atoms with Gasteiger partial charge in [-0.25, -0.2) is 4.79 Å². The average Bonchev–Trinajstić information content (AvgIpc) is 2.66. The van der Waals surface area contributed by atoms with Gasteiger partial charge in [0.2, 0.25) is 23.6 Å². The predicted molar refractivity (Wildman–Crippen MR) is 109 cm³/mol. The van der Waals surface area contributed by atoms with Crippen LogP contribution in [0.5, 0.6) is 0 Å². The standard InChI is InChI=1S/C18H31N5O9/c1-8(2)5-9(19)15(28)23-12(7-24)17(30)22-11(6-14(26)27)16(29)21-10(18(31)32)3-4-13(20)25/h8-12,24H,3-7,19H2,1-2H3,(H2,20,25)(H,21,29)(H,22,30)(H,23,28)(H,26,27)(H,31,32). The number of hydrogen-bond acceptors (Lipinski definition) is 8. The number of rotatable bonds is 15. The maximum atomic E-state index is 12.4. The lowest BCUT2D eigenvalue weighted by Gasteiger charge is -2.24. The molecule has 182 valence electrons. The predicted octanol–water partition coefficient (Wildman–Crippen LogP) is -3.37. The maximum Gasteiger partial charge on any atom is 0.326 e. The molecule has 0 fully saturated rings. The van der Waals surface area contributed by atoms with Crippen LogP contribution in [0.15, 0.2) is 0 Å². The second kappa shape index (κ2) is 13.9. The summed E-state index contributed by atoms with van der Waals surface area (Å²) < 4.78 is 0. The van der Waals surface area contributed by atoms with Gasteiger partial charge < -0.3 is 42.7 Å². The zero-order chi connectivity index (χ0) is 25.0. The van der Waals surface area contributed by atoms with E-state index in [2.05, 4.69) is 10.6 Å². The first kappa shape index (κ1) is 28.7. The molecule has 0 spiro atoms. The third-order valence-corrected chi connectivity index (χ3v) is 4.18. The van der Waals surface area contributed by atoms with Crippen LogP contribution in [0.4, 0.5) is 0 Å². The fraction of sp³-hybridized carbons (Fsp3) is 0.667. The third-order valence-electron chi connectivity index (χ3n) is 4.18. The van der Waals surface area contributed by atoms with E-state index in [0.29, 0.717) is 6.42 Å². The van der Waals surface area contributed by atoms with Crippen LogP contribution in [-0.2, 0) is 28.8 Å². The van der Waals surface area contributed by atoms with E-state index >= 15 is 0 Å². The Labute approximate surface area is 184 Å². The van der Waals surface area contributed by atoms with Crippen LogP contribution in [-0.4, -0.2) is 81.7 Å². The number of aliphatic hydroxyl groups is 1. The molecular weight excluding hydrogens is 430 g/mol. The van der Waals surface area contributed by atoms with Gasteiger partial charge in [0, 0.05) is 6.42 Å². The van der Waals surface area contributed by atoms with Gasteiger partial charge in [-0.3, -0.25) is 24.0 Å². The van der Waals surface area contributed by atoms with Crippen molar-refractivity contribution < 1.29 is 44.1 Å². The molecule has 14 nitrogen and oxygen atoms in total. The number of aliphatic hydroxyl groups excluding tert-OH is 1. The summed E-state index contributed by atoms with van der Waals surface area (Å²) >= 11 is 0. The summed E-state index contributed by atoms with van der Waals surface area (Å²) in [5, 5.41) is 33.9. The highest BCUT2D eigenvalue weighted by Crippen LogP contribution is 2.04. The van der Waals surface area contributed by atoms with Crippen molar-refractivity contribution in [2.75, 3.05) is 6.61 Å². The van der Waals surface area contributed by atoms with Gasteiger partial charge in [-0.15, -0.1) is 0 Å². The van der Waals surface area contributed by atoms with E-state index in [1.54, 1.807) is 0 Å². The van der Waals surface area contributed by atoms with Crippen LogP contribution >= 0.6 is 0 Å². The number of aliphatic carboxylic acids is 2. The van der Waals surface area contributed by atoms with E-state index in [1.807, 2.05) is 19.2 Å². The highest BCUT2D eigenvalue weighted by atomic mass is 16.4. The number of nitrogens with one attached hydrogen (secondary N) is 3. The molecule has 0 bridgehead atoms. The van der Waals surface area contributed by atoms with Crippen LogP contribution in [0.1, 0.15) is 39.5 Å². The van der Waals surface area contributed by atoms with Gasteiger partial charge in [-0.1, -0.05) is 13.8 Å². The Bertz CT molecular complexity index is 713. The van der Waals surface area contributed by atoms with Crippen molar-refractivity contribution in [2.24, 2.45) is 17.4 Å². The minimum Gasteiger partial charge on any atom is -0.481 e. The van der Waals surface area contributed by atoms with E-state index in [9.17, 15) is 33.9 Å². The number of carboxylic acids is 2. The fourth-order valence-corrected chi connectivity index (χ4v) is 2.56. The lowest BCUT2D eigenvalue weighted by molar-refractivity contribution is -0.144. The van der Waals surface area contributed by atoms with Crippen LogP contribution in [0.2, 0.25) is 0 Å². The second-order valence-electron chi connectivity index (χ2n) is 7.54. The Hall–Kier alpha value is -3.26. The SMILES string of the molecule is CC(C)CC(N)C(=O)NC(CO)C(=O)NC(CC(=O)O)C(=O)NC(CCC(N)=O)C(=O)O. The highest BCUT2D eigenvalue weighted by molar-refractivity contribution is 5.95. The molecule has 32 heavy (non-hydrogen) atoms. The molecule has 10 N–H and O–H groups in total. The molecule has 4 unspecified atom stereocenters. The molecule has 0 aliphatic carbocycles. The molecule has 0 radical (unpaired) electrons. The van der Waals surface area contributed by atoms with Crippen molar-refractivity contribution in [3.05, 3.63) is 0 Å². The summed E-state index contributed by atoms with van der Waals surface area (Å²) in [5.41, 5.74) is 10.7. The highest BCUT2D eigenvalue weighted by Gasteiger charge is 2.31. The molecule has 4 amide bonds. The first-order valence-electron chi connectivity index (χ1n) is 9.78. The summed E-state index contributed by atoms with van der Waals surface area (Å²) in [6.07, 6.45) is -1.33. The average molecular weight is 461 g/mol. The van der Waals surface area contributed by atoms with Crippen molar-refractivity contribution in [3.8, 4) is 0 Å². The summed E-state index contributed by atoms with van der Waals surface area (Å²) in [5.74, 6) is -6.68. The van der Waals surface area contributed by atoms with Gasteiger partial charge >= 0.3 is 11.9 Å². The van der Waals surface area contributed by atoms with Crippen molar-refractivity contribution in [2.45, 2.75) is 63.7 Å². The number of hydrogen-bond donors (Lipinski definition) is 8. The second-order valence-corrected chi connectivity index (χ2v) is 7.54. The van der Waals surface area contributed by atoms with Gasteiger partial charge in [0.1, 0.15) is 18.1 Å². The Morgan fingerprint density at radius 1 is 0.844 bits per heavy atom. The van der Waals surface area contributed by atoms with E-state index < -0.39 is 72.8 Å². The lowest BCUT2D eigenvalue weighted by atomic mass is 10.0. The Morgan fingerprint density at radius 2 is 1.34 bits per heavy atom. The fourth-order valence-electron chi connectivity index (χ4n) is 2.56. The number of carbonyl (C=O) groups is 6. The lowest BCUT2D eigenvalue weighted by Crippen LogP contribution is -2.58. The summed E-state index contributed by atoms with van der Waals surface area (Å²) in [7, 11) is 0. The van der Waals surface area contributed by atoms with E-state index in [0.717, 1.165) is 0 Å². The smallest absolute Gasteiger partial charge is 0.326 e. The van der Waals surface area contributed by atoms with Crippen LogP contribution in [0.3, 0.4) is 0 Å². The van der Waals surface area contributed by atoms with E-state index in [4.69, 9.17) is 21.7 Å². The van der Waals surface area contributed by atoms with Crippen molar-refractivity contribution in [1.82, 2.24) is 16.0 Å². The van der Waals surface area contributed by atoms with Gasteiger partial charge in [-0.2, -0.15) is 0 Å². The third kappa shape index (κ3) is 11.2. The molecular formula is C18H31N5O9. The maximum absolute atomic E-state index is 12.4. The molecule has 0 aromatic heterocycles. The number of nitrogens with two attached hydrogens (primary N) is 2. The molecule has 0 heterocycles. The molecule has 4 atom stereocenters. The Kier molecular flexibility index (Phi) is 12.5. The molecule has 0 saturated heterocycles. The Balaban J connectivity index is 5.28. The van der Waals surface area contributed by atoms with Gasteiger partial charge in [0.05, 0.1) is 19.1 Å². The van der Waals surface area contributed by atoms with Crippen molar-refractivity contribution >= 4 is 35.6 Å². The molecule has 0 aliphatic heterocycles. The first-order valence-corrected chi connectivity index (χ1v) is 9.78. The largest absolute Gasteiger partial charge is 0.481 e. The monoisotopic (exact) mass is 461 g/mol. The normalized spacial score (nSPS) is 14.5. The summed E-state index contributed by atoms with van der Waals surface area (Å²) in [4.78, 5) is 70.1. The summed E-state index contributed by atoms with van der Waals surface area (Å²) in [6.45, 7) is 2.78. The van der Waals surface area contributed by atoms with Crippen molar-refractivity contribution in [3.63, 3.8) is 0 Å². The zero-order valence-electron chi connectivity index (χ0n) is 17.9. The minimum atomic E-state index is -1.73. The number of carbonyl (C=O) groups excluding carboxylic acids is 4. The van der Waals surface area contributed by atoms with Gasteiger partial charge in [-0.05, 0) is 18.8 Å². The molecule has 0 aromatic rings. The molecule has 0 aromatic carbocycles. The van der Waals surface area contributed by atoms with Gasteiger partial charge in [0.15, 0.2) is 0 Å². The molecule has 0 rings (SSSR count). The molecule has 14 heteroatoms. The number of carboxylic acid groups (broad SMARTS) is 2. The molecule has 0 saturated carbocycles. The number of primary amides is 1. The van der Waals surface area contributed by atoms with Crippen LogP contribution in [0, 0.1) is 5.92 Å². The first-order chi connectivity index (χ1) is 14.8. The van der Waals surface area contributed by atoms with Crippen LogP contribution in [0.25, 0.3) is 0 Å².